The normalized spacial score (nSPS) is 21.2. The van der Waals surface area contributed by atoms with E-state index in [2.05, 4.69) is 18.2 Å². The van der Waals surface area contributed by atoms with Gasteiger partial charge in [0.15, 0.2) is 0 Å². The molecular formula is C25H21NO2S. The molecule has 1 fully saturated rings. The Labute approximate surface area is 171 Å². The van der Waals surface area contributed by atoms with E-state index >= 15 is 0 Å². The van der Waals surface area contributed by atoms with Gasteiger partial charge in [0.05, 0.1) is 17.0 Å². The van der Waals surface area contributed by atoms with Gasteiger partial charge in [0, 0.05) is 0 Å². The molecule has 0 radical (unpaired) electrons. The zero-order valence-electron chi connectivity index (χ0n) is 16.1. The molecular weight excluding hydrogens is 378 g/mol. The van der Waals surface area contributed by atoms with Crippen molar-refractivity contribution >= 4 is 20.8 Å². The van der Waals surface area contributed by atoms with Crippen LogP contribution in [-0.2, 0) is 10.0 Å². The first-order valence-electron chi connectivity index (χ1n) is 9.70. The summed E-state index contributed by atoms with van der Waals surface area (Å²) in [5.41, 5.74) is 3.11. The Kier molecular flexibility index (Phi) is 4.26. The number of benzene rings is 4. The van der Waals surface area contributed by atoms with E-state index in [0.717, 1.165) is 27.5 Å². The fourth-order valence-corrected chi connectivity index (χ4v) is 5.87. The van der Waals surface area contributed by atoms with Gasteiger partial charge in [-0.3, -0.25) is 0 Å². The van der Waals surface area contributed by atoms with E-state index in [-0.39, 0.29) is 12.1 Å². The lowest BCUT2D eigenvalue weighted by molar-refractivity contribution is 0.547. The Morgan fingerprint density at radius 2 is 1.34 bits per heavy atom. The fraction of sp³-hybridized carbons (Fsp3) is 0.120. The fourth-order valence-electron chi connectivity index (χ4n) is 4.14. The van der Waals surface area contributed by atoms with Crippen LogP contribution in [0.25, 0.3) is 10.8 Å². The summed E-state index contributed by atoms with van der Waals surface area (Å²) < 4.78 is 28.7. The van der Waals surface area contributed by atoms with Gasteiger partial charge >= 0.3 is 0 Å². The molecule has 1 heterocycles. The summed E-state index contributed by atoms with van der Waals surface area (Å²) in [5, 5.41) is 2.22. The molecule has 3 atom stereocenters. The molecule has 0 aliphatic carbocycles. The molecule has 0 saturated carbocycles. The van der Waals surface area contributed by atoms with E-state index in [0.29, 0.717) is 4.90 Å². The van der Waals surface area contributed by atoms with Crippen molar-refractivity contribution in [3.63, 3.8) is 0 Å². The first-order valence-corrected chi connectivity index (χ1v) is 11.1. The second kappa shape index (κ2) is 6.83. The summed E-state index contributed by atoms with van der Waals surface area (Å²) in [7, 11) is -3.61. The average Bonchev–Trinajstić information content (AvgIpc) is 3.51. The molecule has 0 aromatic heterocycles. The Balaban J connectivity index is 1.65. The molecule has 3 nitrogen and oxygen atoms in total. The van der Waals surface area contributed by atoms with Crippen molar-refractivity contribution in [2.75, 3.05) is 0 Å². The third-order valence-corrected chi connectivity index (χ3v) is 7.51. The predicted octanol–water partition coefficient (Wildman–Crippen LogP) is 5.64. The van der Waals surface area contributed by atoms with Gasteiger partial charge in [-0.05, 0) is 41.0 Å². The highest BCUT2D eigenvalue weighted by molar-refractivity contribution is 7.89. The van der Waals surface area contributed by atoms with Crippen molar-refractivity contribution in [3.8, 4) is 0 Å². The van der Waals surface area contributed by atoms with Gasteiger partial charge in [-0.15, -0.1) is 0 Å². The maximum Gasteiger partial charge on any atom is 0.244 e. The Bertz CT molecular complexity index is 1280. The van der Waals surface area contributed by atoms with E-state index in [4.69, 9.17) is 0 Å². The van der Waals surface area contributed by atoms with Crippen LogP contribution in [0, 0.1) is 6.92 Å². The van der Waals surface area contributed by atoms with Crippen molar-refractivity contribution in [2.45, 2.75) is 23.9 Å². The lowest BCUT2D eigenvalue weighted by Gasteiger charge is -2.09. The van der Waals surface area contributed by atoms with Crippen LogP contribution in [0.15, 0.2) is 102 Å². The van der Waals surface area contributed by atoms with Gasteiger partial charge in [-0.1, -0.05) is 90.5 Å². The molecule has 29 heavy (non-hydrogen) atoms. The number of fused-ring (bicyclic) bond motifs is 1. The van der Waals surface area contributed by atoms with E-state index in [9.17, 15) is 8.42 Å². The van der Waals surface area contributed by atoms with Crippen molar-refractivity contribution in [1.82, 2.24) is 4.31 Å². The lowest BCUT2D eigenvalue weighted by atomic mass is 9.99. The molecule has 144 valence electrons. The highest BCUT2D eigenvalue weighted by Gasteiger charge is 2.57. The minimum atomic E-state index is -3.61. The van der Waals surface area contributed by atoms with Crippen molar-refractivity contribution in [3.05, 3.63) is 114 Å². The summed E-state index contributed by atoms with van der Waals surface area (Å²) >= 11 is 0. The summed E-state index contributed by atoms with van der Waals surface area (Å²) in [5.74, 6) is 0. The molecule has 1 aliphatic heterocycles. The van der Waals surface area contributed by atoms with E-state index in [1.807, 2.05) is 73.7 Å². The second-order valence-corrected chi connectivity index (χ2v) is 9.36. The van der Waals surface area contributed by atoms with Crippen LogP contribution < -0.4 is 0 Å². The maximum absolute atomic E-state index is 13.5. The van der Waals surface area contributed by atoms with E-state index in [1.165, 1.54) is 0 Å². The van der Waals surface area contributed by atoms with Gasteiger partial charge in [0.1, 0.15) is 0 Å². The molecule has 4 aromatic rings. The number of sulfonamides is 1. The number of rotatable bonds is 4. The predicted molar refractivity (Wildman–Crippen MR) is 116 cm³/mol. The Morgan fingerprint density at radius 3 is 2.10 bits per heavy atom. The summed E-state index contributed by atoms with van der Waals surface area (Å²) in [6.07, 6.45) is 0. The molecule has 0 spiro atoms. The number of aryl methyl sites for hydroxylation is 1. The van der Waals surface area contributed by atoms with Crippen LogP contribution in [0.5, 0.6) is 0 Å². The Morgan fingerprint density at radius 1 is 0.690 bits per heavy atom. The number of nitrogens with zero attached hydrogens (tertiary/aromatic N) is 1. The van der Waals surface area contributed by atoms with Gasteiger partial charge in [-0.25, -0.2) is 8.42 Å². The van der Waals surface area contributed by atoms with Crippen LogP contribution in [-0.4, -0.2) is 12.7 Å². The third kappa shape index (κ3) is 3.05. The topological polar surface area (TPSA) is 37.1 Å². The monoisotopic (exact) mass is 399 g/mol. The molecule has 3 unspecified atom stereocenters. The molecule has 0 bridgehead atoms. The zero-order chi connectivity index (χ0) is 20.0. The van der Waals surface area contributed by atoms with Gasteiger partial charge < -0.3 is 0 Å². The number of hydrogen-bond acceptors (Lipinski definition) is 2. The van der Waals surface area contributed by atoms with Gasteiger partial charge in [0.25, 0.3) is 0 Å². The van der Waals surface area contributed by atoms with Crippen LogP contribution in [0.3, 0.4) is 0 Å². The SMILES string of the molecule is Cc1ccc(S(=O)(=O)N2C(c3ccccc3)C2c2cccc3ccccc23)cc1. The largest absolute Gasteiger partial charge is 0.244 e. The van der Waals surface area contributed by atoms with E-state index in [1.54, 1.807) is 16.4 Å². The first kappa shape index (κ1) is 18.1. The highest BCUT2D eigenvalue weighted by atomic mass is 32.2. The molecule has 4 heteroatoms. The Hall–Kier alpha value is -2.95. The van der Waals surface area contributed by atoms with E-state index < -0.39 is 10.0 Å². The summed E-state index contributed by atoms with van der Waals surface area (Å²) in [4.78, 5) is 0.340. The summed E-state index contributed by atoms with van der Waals surface area (Å²) in [6.45, 7) is 1.96. The van der Waals surface area contributed by atoms with Gasteiger partial charge in [-0.2, -0.15) is 4.31 Å². The minimum Gasteiger partial charge on any atom is -0.207 e. The van der Waals surface area contributed by atoms with Crippen molar-refractivity contribution < 1.29 is 8.42 Å². The molecule has 0 amide bonds. The van der Waals surface area contributed by atoms with Gasteiger partial charge in [0.2, 0.25) is 10.0 Å². The molecule has 1 aliphatic rings. The van der Waals surface area contributed by atoms with Crippen LogP contribution in [0.2, 0.25) is 0 Å². The van der Waals surface area contributed by atoms with Crippen LogP contribution in [0.1, 0.15) is 28.8 Å². The minimum absolute atomic E-state index is 0.201. The standard InChI is InChI=1S/C25H21NO2S/c1-18-14-16-21(17-15-18)29(27,28)26-24(20-9-3-2-4-10-20)25(26)23-13-7-11-19-8-5-6-12-22(19)23/h2-17,24-25H,1H3. The van der Waals surface area contributed by atoms with Crippen molar-refractivity contribution in [1.29, 1.82) is 0 Å². The highest BCUT2D eigenvalue weighted by Crippen LogP contribution is 2.58. The summed E-state index contributed by atoms with van der Waals surface area (Å²) in [6, 6.07) is 30.9. The average molecular weight is 400 g/mol. The van der Waals surface area contributed by atoms with Crippen LogP contribution in [0.4, 0.5) is 0 Å². The maximum atomic E-state index is 13.5. The molecule has 4 aromatic carbocycles. The first-order chi connectivity index (χ1) is 14.1. The molecule has 1 saturated heterocycles. The third-order valence-electron chi connectivity index (χ3n) is 5.64. The number of hydrogen-bond donors (Lipinski definition) is 0. The molecule has 0 N–H and O–H groups in total. The van der Waals surface area contributed by atoms with Crippen molar-refractivity contribution in [2.24, 2.45) is 0 Å². The lowest BCUT2D eigenvalue weighted by Crippen LogP contribution is -2.13. The smallest absolute Gasteiger partial charge is 0.207 e. The second-order valence-electron chi connectivity index (χ2n) is 7.52. The molecule has 5 rings (SSSR count). The van der Waals surface area contributed by atoms with Crippen LogP contribution >= 0.6 is 0 Å². The quantitative estimate of drug-likeness (QED) is 0.417. The zero-order valence-corrected chi connectivity index (χ0v) is 16.9.